The Labute approximate surface area is 120 Å². The molecule has 18 heavy (non-hydrogen) atoms. The maximum Gasteiger partial charge on any atom is 0.258 e. The number of nitrogens with zero attached hydrogens (tertiary/aromatic N) is 2. The van der Waals surface area contributed by atoms with Crippen molar-refractivity contribution in [2.24, 2.45) is 0 Å². The van der Waals surface area contributed by atoms with Crippen LogP contribution < -0.4 is 0 Å². The predicted octanol–water partition coefficient (Wildman–Crippen LogP) is 1.84. The van der Waals surface area contributed by atoms with E-state index >= 15 is 0 Å². The van der Waals surface area contributed by atoms with Gasteiger partial charge in [-0.2, -0.15) is 0 Å². The van der Waals surface area contributed by atoms with E-state index in [1.807, 2.05) is 26.0 Å². The summed E-state index contributed by atoms with van der Waals surface area (Å²) in [7, 11) is 3.24. The molecule has 0 bridgehead atoms. The third-order valence-electron chi connectivity index (χ3n) is 3.35. The molecule has 5 heteroatoms. The summed E-state index contributed by atoms with van der Waals surface area (Å²) in [6, 6.07) is 4.01. The van der Waals surface area contributed by atoms with Gasteiger partial charge in [0.25, 0.3) is 11.8 Å². The molecule has 0 aromatic heterocycles. The highest BCUT2D eigenvalue weighted by molar-refractivity contribution is 14.1. The molecule has 1 aliphatic rings. The number of hydrogen-bond donors (Lipinski definition) is 0. The molecule has 96 valence electrons. The summed E-state index contributed by atoms with van der Waals surface area (Å²) < 4.78 is 0.973. The van der Waals surface area contributed by atoms with Gasteiger partial charge in [0, 0.05) is 17.7 Å². The average Bonchev–Trinajstić information content (AvgIpc) is 2.45. The first-order valence-electron chi connectivity index (χ1n) is 5.66. The zero-order chi connectivity index (χ0) is 13.6. The minimum absolute atomic E-state index is 0.160. The molecule has 1 heterocycles. The highest BCUT2D eigenvalue weighted by Gasteiger charge is 2.44. The van der Waals surface area contributed by atoms with Crippen LogP contribution in [0.5, 0.6) is 0 Å². The average molecular weight is 358 g/mol. The fraction of sp³-hybridized carbons (Fsp3) is 0.385. The molecule has 0 unspecified atom stereocenters. The molecule has 0 radical (unpaired) electrons. The molecular weight excluding hydrogens is 343 g/mol. The number of benzene rings is 1. The lowest BCUT2D eigenvalue weighted by Crippen LogP contribution is -2.33. The van der Waals surface area contributed by atoms with Crippen LogP contribution in [-0.4, -0.2) is 35.9 Å². The summed E-state index contributed by atoms with van der Waals surface area (Å²) in [6.07, 6.45) is 0. The summed E-state index contributed by atoms with van der Waals surface area (Å²) in [5.74, 6) is -1.01. The molecule has 0 saturated carbocycles. The van der Waals surface area contributed by atoms with Crippen LogP contribution in [0, 0.1) is 17.4 Å². The van der Waals surface area contributed by atoms with Gasteiger partial charge in [-0.05, 0) is 59.2 Å². The molecular formula is C13H15IN2O2. The van der Waals surface area contributed by atoms with Crippen LogP contribution in [0.15, 0.2) is 12.1 Å². The second kappa shape index (κ2) is 4.53. The Bertz CT molecular complexity index is 499. The lowest BCUT2D eigenvalue weighted by atomic mass is 9.93. The lowest BCUT2D eigenvalue weighted by molar-refractivity contribution is -0.141. The topological polar surface area (TPSA) is 40.6 Å². The summed E-state index contributed by atoms with van der Waals surface area (Å²) in [5.41, 5.74) is 2.97. The van der Waals surface area contributed by atoms with Crippen molar-refractivity contribution in [3.63, 3.8) is 0 Å². The highest BCUT2D eigenvalue weighted by Crippen LogP contribution is 2.33. The lowest BCUT2D eigenvalue weighted by Gasteiger charge is -2.17. The Balaban J connectivity index is 2.57. The van der Waals surface area contributed by atoms with E-state index in [4.69, 9.17) is 0 Å². The van der Waals surface area contributed by atoms with Crippen LogP contribution in [0.25, 0.3) is 0 Å². The van der Waals surface area contributed by atoms with Crippen LogP contribution >= 0.6 is 22.6 Å². The first-order chi connectivity index (χ1) is 8.34. The Kier molecular flexibility index (Phi) is 3.35. The van der Waals surface area contributed by atoms with Crippen LogP contribution in [0.4, 0.5) is 0 Å². The van der Waals surface area contributed by atoms with Crippen molar-refractivity contribution in [2.75, 3.05) is 14.1 Å². The van der Waals surface area contributed by atoms with E-state index in [9.17, 15) is 9.59 Å². The minimum atomic E-state index is -0.688. The molecule has 1 fully saturated rings. The first-order valence-corrected chi connectivity index (χ1v) is 6.74. The van der Waals surface area contributed by atoms with Gasteiger partial charge in [-0.25, -0.2) is 0 Å². The third-order valence-corrected chi connectivity index (χ3v) is 4.24. The standard InChI is InChI=1S/C13H15IN2O2/c1-7-5-8(2)10(9(14)6-7)11-12(17)15(3)16(4)13(11)18/h5-6,11H,1-4H3. The van der Waals surface area contributed by atoms with Crippen molar-refractivity contribution < 1.29 is 9.59 Å². The number of halogens is 1. The maximum atomic E-state index is 12.2. The Morgan fingerprint density at radius 1 is 1.06 bits per heavy atom. The van der Waals surface area contributed by atoms with E-state index < -0.39 is 5.92 Å². The van der Waals surface area contributed by atoms with Crippen LogP contribution in [-0.2, 0) is 9.59 Å². The van der Waals surface area contributed by atoms with Gasteiger partial charge in [-0.1, -0.05) is 6.07 Å². The summed E-state index contributed by atoms with van der Waals surface area (Å²) in [5, 5.41) is 2.75. The molecule has 1 saturated heterocycles. The molecule has 4 nitrogen and oxygen atoms in total. The number of carbonyl (C=O) groups is 2. The molecule has 2 amide bonds. The second-order valence-electron chi connectivity index (χ2n) is 4.63. The van der Waals surface area contributed by atoms with Crippen LogP contribution in [0.3, 0.4) is 0 Å². The predicted molar refractivity (Wildman–Crippen MR) is 76.9 cm³/mol. The third kappa shape index (κ3) is 1.90. The van der Waals surface area contributed by atoms with E-state index in [1.54, 1.807) is 14.1 Å². The van der Waals surface area contributed by atoms with Gasteiger partial charge in [0.2, 0.25) is 0 Å². The van der Waals surface area contributed by atoms with Gasteiger partial charge in [-0.3, -0.25) is 19.6 Å². The molecule has 0 spiro atoms. The number of amides is 2. The van der Waals surface area contributed by atoms with Crippen molar-refractivity contribution >= 4 is 34.4 Å². The van der Waals surface area contributed by atoms with E-state index in [2.05, 4.69) is 22.6 Å². The molecule has 0 aliphatic carbocycles. The number of hydrazine groups is 1. The highest BCUT2D eigenvalue weighted by atomic mass is 127. The van der Waals surface area contributed by atoms with Crippen molar-refractivity contribution in [3.05, 3.63) is 32.4 Å². The summed E-state index contributed by atoms with van der Waals surface area (Å²) in [4.78, 5) is 24.4. The van der Waals surface area contributed by atoms with Crippen molar-refractivity contribution in [3.8, 4) is 0 Å². The molecule has 2 rings (SSSR count). The van der Waals surface area contributed by atoms with Gasteiger partial charge < -0.3 is 0 Å². The first kappa shape index (κ1) is 13.3. The summed E-state index contributed by atoms with van der Waals surface area (Å²) in [6.45, 7) is 3.96. The van der Waals surface area contributed by atoms with E-state index in [1.165, 1.54) is 10.0 Å². The van der Waals surface area contributed by atoms with Gasteiger partial charge in [0.15, 0.2) is 0 Å². The molecule has 1 aliphatic heterocycles. The minimum Gasteiger partial charge on any atom is -0.272 e. The zero-order valence-corrected chi connectivity index (χ0v) is 13.0. The quantitative estimate of drug-likeness (QED) is 0.568. The monoisotopic (exact) mass is 358 g/mol. The Hall–Kier alpha value is -1.11. The fourth-order valence-electron chi connectivity index (χ4n) is 2.31. The van der Waals surface area contributed by atoms with E-state index in [0.717, 1.165) is 20.3 Å². The Morgan fingerprint density at radius 3 is 2.00 bits per heavy atom. The van der Waals surface area contributed by atoms with Crippen LogP contribution in [0.2, 0.25) is 0 Å². The van der Waals surface area contributed by atoms with Crippen LogP contribution in [0.1, 0.15) is 22.6 Å². The fourth-order valence-corrected chi connectivity index (χ4v) is 3.54. The largest absolute Gasteiger partial charge is 0.272 e. The maximum absolute atomic E-state index is 12.2. The van der Waals surface area contributed by atoms with Gasteiger partial charge in [-0.15, -0.1) is 0 Å². The van der Waals surface area contributed by atoms with Crippen molar-refractivity contribution in [2.45, 2.75) is 19.8 Å². The number of aryl methyl sites for hydroxylation is 2. The molecule has 0 N–H and O–H groups in total. The molecule has 1 aromatic carbocycles. The van der Waals surface area contributed by atoms with Gasteiger partial charge in [0.05, 0.1) is 0 Å². The number of likely N-dealkylation sites (N-methyl/N-ethyl adjacent to an activating group) is 2. The molecule has 0 atom stereocenters. The summed E-state index contributed by atoms with van der Waals surface area (Å²) >= 11 is 2.19. The normalized spacial score (nSPS) is 16.9. The van der Waals surface area contributed by atoms with E-state index in [0.29, 0.717) is 0 Å². The zero-order valence-electron chi connectivity index (χ0n) is 10.8. The van der Waals surface area contributed by atoms with Gasteiger partial charge >= 0.3 is 0 Å². The Morgan fingerprint density at radius 2 is 1.56 bits per heavy atom. The molecule has 1 aromatic rings. The smallest absolute Gasteiger partial charge is 0.258 e. The second-order valence-corrected chi connectivity index (χ2v) is 5.80. The SMILES string of the molecule is Cc1cc(C)c(C2C(=O)N(C)N(C)C2=O)c(I)c1. The number of hydrogen-bond acceptors (Lipinski definition) is 2. The van der Waals surface area contributed by atoms with Gasteiger partial charge in [0.1, 0.15) is 5.92 Å². The number of rotatable bonds is 1. The van der Waals surface area contributed by atoms with Crippen molar-refractivity contribution in [1.82, 2.24) is 10.0 Å². The number of carbonyl (C=O) groups excluding carboxylic acids is 2. The van der Waals surface area contributed by atoms with E-state index in [-0.39, 0.29) is 11.8 Å². The van der Waals surface area contributed by atoms with Crippen molar-refractivity contribution in [1.29, 1.82) is 0 Å².